The number of aliphatic hydroxyl groups excluding tert-OH is 1. The Morgan fingerprint density at radius 2 is 1.86 bits per heavy atom. The first-order valence-electron chi connectivity index (χ1n) is 12.4. The van der Waals surface area contributed by atoms with Gasteiger partial charge in [0.2, 0.25) is 17.7 Å². The number of β-amino-alcohol motifs (C(OH)–C–C–N with tert-alkyl or cyclic N) is 1. The molecule has 1 aromatic carbocycles. The van der Waals surface area contributed by atoms with Crippen LogP contribution in [0.4, 0.5) is 5.69 Å². The van der Waals surface area contributed by atoms with Gasteiger partial charge in [-0.15, -0.1) is 0 Å². The minimum absolute atomic E-state index is 0.0196. The molecular formula is C25H34N4O6. The molecule has 0 radical (unpaired) electrons. The zero-order valence-corrected chi connectivity index (χ0v) is 20.1. The molecule has 0 aromatic heterocycles. The molecule has 5 rings (SSSR count). The van der Waals surface area contributed by atoms with Crippen LogP contribution in [0.5, 0.6) is 0 Å². The van der Waals surface area contributed by atoms with Crippen molar-refractivity contribution < 1.29 is 29.0 Å². The summed E-state index contributed by atoms with van der Waals surface area (Å²) in [7, 11) is 0. The summed E-state index contributed by atoms with van der Waals surface area (Å²) in [5.41, 5.74) is -1.27. The first-order chi connectivity index (χ1) is 16.9. The molecule has 3 amide bonds. The Balaban J connectivity index is 1.36. The number of nitrogens with zero attached hydrogens (tertiary/aromatic N) is 2. The first kappa shape index (κ1) is 24.2. The van der Waals surface area contributed by atoms with E-state index in [1.54, 1.807) is 12.1 Å². The standard InChI is InChI=1S/C25H34N4O6/c1-24-7-8-25(35-24)19(18(24)21(31)27-17-5-3-2-4-6-17)23(33)29(11-14-30)20(25)22(32)26-9-10-28-12-15-34-16-13-28/h2-6,18-20,30H,7-16H2,1H3,(H,26,32)(H,27,31)/t18-,19+,20?,24+,25?/m1/s1. The number of aliphatic hydroxyl groups is 1. The minimum atomic E-state index is -1.08. The van der Waals surface area contributed by atoms with Gasteiger partial charge >= 0.3 is 0 Å². The summed E-state index contributed by atoms with van der Waals surface area (Å²) in [6.45, 7) is 5.74. The predicted octanol–water partition coefficient (Wildman–Crippen LogP) is -0.169. The molecule has 1 spiro atoms. The van der Waals surface area contributed by atoms with Gasteiger partial charge in [-0.2, -0.15) is 0 Å². The maximum absolute atomic E-state index is 13.7. The van der Waals surface area contributed by atoms with Crippen molar-refractivity contribution in [2.24, 2.45) is 11.8 Å². The quantitative estimate of drug-likeness (QED) is 0.467. The van der Waals surface area contributed by atoms with Crippen molar-refractivity contribution in [2.75, 3.05) is 57.9 Å². The second-order valence-electron chi connectivity index (χ2n) is 10.1. The third kappa shape index (κ3) is 4.12. The number of fused-ring (bicyclic) bond motifs is 1. The van der Waals surface area contributed by atoms with Crippen molar-refractivity contribution in [1.82, 2.24) is 15.1 Å². The number of hydrogen-bond acceptors (Lipinski definition) is 7. The molecule has 35 heavy (non-hydrogen) atoms. The molecule has 4 aliphatic rings. The van der Waals surface area contributed by atoms with E-state index in [1.807, 2.05) is 25.1 Å². The van der Waals surface area contributed by atoms with Crippen molar-refractivity contribution in [3.63, 3.8) is 0 Å². The minimum Gasteiger partial charge on any atom is -0.395 e. The van der Waals surface area contributed by atoms with E-state index in [2.05, 4.69) is 15.5 Å². The second-order valence-corrected chi connectivity index (χ2v) is 10.1. The molecular weight excluding hydrogens is 452 g/mol. The van der Waals surface area contributed by atoms with E-state index < -0.39 is 29.1 Å². The smallest absolute Gasteiger partial charge is 0.245 e. The van der Waals surface area contributed by atoms with Crippen LogP contribution in [0, 0.1) is 11.8 Å². The molecule has 4 heterocycles. The zero-order chi connectivity index (χ0) is 24.6. The van der Waals surface area contributed by atoms with Crippen LogP contribution >= 0.6 is 0 Å². The van der Waals surface area contributed by atoms with Gasteiger partial charge in [0.05, 0.1) is 37.3 Å². The number of hydrogen-bond donors (Lipinski definition) is 3. The van der Waals surface area contributed by atoms with Gasteiger partial charge in [0.15, 0.2) is 0 Å². The Hall–Kier alpha value is -2.53. The van der Waals surface area contributed by atoms with E-state index >= 15 is 0 Å². The average molecular weight is 487 g/mol. The number of morpholine rings is 1. The van der Waals surface area contributed by atoms with E-state index in [1.165, 1.54) is 4.90 Å². The topological polar surface area (TPSA) is 120 Å². The normalized spacial score (nSPS) is 34.2. The summed E-state index contributed by atoms with van der Waals surface area (Å²) in [6, 6.07) is 8.23. The average Bonchev–Trinajstić information content (AvgIpc) is 3.41. The Labute approximate surface area is 204 Å². The molecule has 3 N–H and O–H groups in total. The number of benzene rings is 1. The van der Waals surface area contributed by atoms with Crippen molar-refractivity contribution in [3.05, 3.63) is 30.3 Å². The fraction of sp³-hybridized carbons (Fsp3) is 0.640. The number of para-hydroxylation sites is 1. The third-order valence-electron chi connectivity index (χ3n) is 8.02. The van der Waals surface area contributed by atoms with Crippen molar-refractivity contribution in [2.45, 2.75) is 37.0 Å². The first-order valence-corrected chi connectivity index (χ1v) is 12.4. The number of carbonyl (C=O) groups excluding carboxylic acids is 3. The molecule has 10 nitrogen and oxygen atoms in total. The van der Waals surface area contributed by atoms with Crippen LogP contribution in [0.15, 0.2) is 30.3 Å². The highest BCUT2D eigenvalue weighted by Crippen LogP contribution is 2.63. The SMILES string of the molecule is C[C@@]12CCC3(O1)C(C(=O)NCCN1CCOCC1)N(CCO)C(=O)[C@@H]3[C@@H]2C(=O)Nc1ccccc1. The largest absolute Gasteiger partial charge is 0.395 e. The molecule has 2 unspecified atom stereocenters. The molecule has 0 aliphatic carbocycles. The summed E-state index contributed by atoms with van der Waals surface area (Å²) in [4.78, 5) is 44.3. The zero-order valence-electron chi connectivity index (χ0n) is 20.1. The van der Waals surface area contributed by atoms with Crippen molar-refractivity contribution >= 4 is 23.4 Å². The maximum atomic E-state index is 13.7. The van der Waals surface area contributed by atoms with Gasteiger partial charge in [-0.05, 0) is 31.9 Å². The molecule has 4 saturated heterocycles. The van der Waals surface area contributed by atoms with Crippen LogP contribution in [0.25, 0.3) is 0 Å². The molecule has 0 saturated carbocycles. The van der Waals surface area contributed by atoms with Gasteiger partial charge in [-0.25, -0.2) is 0 Å². The van der Waals surface area contributed by atoms with Crippen LogP contribution in [-0.4, -0.2) is 102 Å². The van der Waals surface area contributed by atoms with Gasteiger partial charge in [-0.1, -0.05) is 18.2 Å². The van der Waals surface area contributed by atoms with E-state index in [0.29, 0.717) is 44.8 Å². The lowest BCUT2D eigenvalue weighted by Crippen LogP contribution is -2.56. The lowest BCUT2D eigenvalue weighted by molar-refractivity contribution is -0.145. The lowest BCUT2D eigenvalue weighted by Gasteiger charge is -2.33. The van der Waals surface area contributed by atoms with Crippen LogP contribution in [0.1, 0.15) is 19.8 Å². The number of nitrogens with one attached hydrogen (secondary N) is 2. The van der Waals surface area contributed by atoms with Crippen LogP contribution < -0.4 is 10.6 Å². The fourth-order valence-electron chi connectivity index (χ4n) is 6.48. The Kier molecular flexibility index (Phi) is 6.56. The van der Waals surface area contributed by atoms with E-state index in [4.69, 9.17) is 9.47 Å². The Morgan fingerprint density at radius 1 is 1.11 bits per heavy atom. The summed E-state index contributed by atoms with van der Waals surface area (Å²) in [5.74, 6) is -2.38. The van der Waals surface area contributed by atoms with E-state index in [0.717, 1.165) is 13.1 Å². The number of amides is 3. The molecule has 190 valence electrons. The molecule has 10 heteroatoms. The summed E-state index contributed by atoms with van der Waals surface area (Å²) in [5, 5.41) is 15.6. The number of ether oxygens (including phenoxy) is 2. The fourth-order valence-corrected chi connectivity index (χ4v) is 6.48. The van der Waals surface area contributed by atoms with E-state index in [-0.39, 0.29) is 30.9 Å². The van der Waals surface area contributed by atoms with Gasteiger partial charge in [0.25, 0.3) is 0 Å². The Bertz CT molecular complexity index is 970. The monoisotopic (exact) mass is 486 g/mol. The van der Waals surface area contributed by atoms with Crippen LogP contribution in [-0.2, 0) is 23.9 Å². The van der Waals surface area contributed by atoms with Gasteiger partial charge in [-0.3, -0.25) is 19.3 Å². The summed E-state index contributed by atoms with van der Waals surface area (Å²) < 4.78 is 11.9. The highest BCUT2D eigenvalue weighted by Gasteiger charge is 2.77. The number of carbonyl (C=O) groups is 3. The third-order valence-corrected chi connectivity index (χ3v) is 8.02. The number of likely N-dealkylation sites (tertiary alicyclic amines) is 1. The van der Waals surface area contributed by atoms with E-state index in [9.17, 15) is 19.5 Å². The predicted molar refractivity (Wildman–Crippen MR) is 126 cm³/mol. The molecule has 2 bridgehead atoms. The number of rotatable bonds is 8. The Morgan fingerprint density at radius 3 is 2.57 bits per heavy atom. The maximum Gasteiger partial charge on any atom is 0.245 e. The highest BCUT2D eigenvalue weighted by molar-refractivity contribution is 6.02. The van der Waals surface area contributed by atoms with Gasteiger partial charge in [0.1, 0.15) is 11.6 Å². The van der Waals surface area contributed by atoms with Crippen molar-refractivity contribution in [3.8, 4) is 0 Å². The lowest BCUT2D eigenvalue weighted by atomic mass is 9.66. The number of anilines is 1. The molecule has 1 aromatic rings. The summed E-state index contributed by atoms with van der Waals surface area (Å²) >= 11 is 0. The van der Waals surface area contributed by atoms with Crippen LogP contribution in [0.2, 0.25) is 0 Å². The van der Waals surface area contributed by atoms with Crippen molar-refractivity contribution in [1.29, 1.82) is 0 Å². The molecule has 5 atom stereocenters. The van der Waals surface area contributed by atoms with Gasteiger partial charge in [0, 0.05) is 38.4 Å². The van der Waals surface area contributed by atoms with Gasteiger partial charge < -0.3 is 30.1 Å². The molecule has 4 fully saturated rings. The highest BCUT2D eigenvalue weighted by atomic mass is 16.5. The molecule has 4 aliphatic heterocycles. The summed E-state index contributed by atoms with van der Waals surface area (Å²) in [6.07, 6.45) is 1.09. The second kappa shape index (κ2) is 9.50. The van der Waals surface area contributed by atoms with Crippen LogP contribution in [0.3, 0.4) is 0 Å².